The van der Waals surface area contributed by atoms with Crippen molar-refractivity contribution in [3.63, 3.8) is 0 Å². The maximum absolute atomic E-state index is 12.1. The van der Waals surface area contributed by atoms with Gasteiger partial charge in [-0.2, -0.15) is 0 Å². The highest BCUT2D eigenvalue weighted by Gasteiger charge is 2.19. The van der Waals surface area contributed by atoms with Crippen LogP contribution >= 0.6 is 0 Å². The van der Waals surface area contributed by atoms with Crippen LogP contribution < -0.4 is 5.32 Å². The number of rotatable bonds is 6. The van der Waals surface area contributed by atoms with Gasteiger partial charge in [-0.25, -0.2) is 0 Å². The Morgan fingerprint density at radius 1 is 1.38 bits per heavy atom. The number of nitrogens with one attached hydrogen (secondary N) is 1. The third kappa shape index (κ3) is 4.32. The molecule has 0 unspecified atom stereocenters. The van der Waals surface area contributed by atoms with Gasteiger partial charge in [-0.1, -0.05) is 6.92 Å². The van der Waals surface area contributed by atoms with Gasteiger partial charge in [0.15, 0.2) is 0 Å². The summed E-state index contributed by atoms with van der Waals surface area (Å²) >= 11 is 0. The number of hydrogen-bond acceptors (Lipinski definition) is 3. The van der Waals surface area contributed by atoms with Gasteiger partial charge in [-0.3, -0.25) is 9.59 Å². The molecule has 0 saturated carbocycles. The largest absolute Gasteiger partial charge is 0.480 e. The van der Waals surface area contributed by atoms with Gasteiger partial charge in [0.25, 0.3) is 5.91 Å². The topological polar surface area (TPSA) is 74.6 Å². The van der Waals surface area contributed by atoms with E-state index in [0.717, 1.165) is 32.5 Å². The number of carbonyl (C=O) groups is 2. The summed E-state index contributed by atoms with van der Waals surface area (Å²) in [5.74, 6) is -0.633. The van der Waals surface area contributed by atoms with Crippen molar-refractivity contribution in [3.8, 4) is 0 Å². The van der Waals surface area contributed by atoms with E-state index in [0.29, 0.717) is 18.2 Å². The van der Waals surface area contributed by atoms with Crippen LogP contribution in [0.1, 0.15) is 30.3 Å². The van der Waals surface area contributed by atoms with Gasteiger partial charge in [0, 0.05) is 12.7 Å². The van der Waals surface area contributed by atoms with Crippen LogP contribution in [-0.4, -0.2) is 52.6 Å². The number of hydrogen-bond donors (Lipinski definition) is 2. The lowest BCUT2D eigenvalue weighted by molar-refractivity contribution is -0.137. The summed E-state index contributed by atoms with van der Waals surface area (Å²) in [5, 5.41) is 11.7. The summed E-state index contributed by atoms with van der Waals surface area (Å²) in [5.41, 5.74) is 0.406. The molecule has 1 aromatic heterocycles. The van der Waals surface area contributed by atoms with Gasteiger partial charge >= 0.3 is 5.97 Å². The molecule has 1 aliphatic rings. The van der Waals surface area contributed by atoms with Crippen molar-refractivity contribution < 1.29 is 14.7 Å². The standard InChI is InChI=1S/C15H23N3O3/c1-2-17-8-5-12(6-9-17)10-16-15(21)13-4-3-7-18(13)11-14(19)20/h3-4,7,12H,2,5-6,8-11H2,1H3,(H,16,21)(H,19,20). The van der Waals surface area contributed by atoms with Gasteiger partial charge < -0.3 is 19.9 Å². The zero-order valence-electron chi connectivity index (χ0n) is 12.4. The van der Waals surface area contributed by atoms with Crippen LogP contribution in [0, 0.1) is 5.92 Å². The molecule has 2 N–H and O–H groups in total. The quantitative estimate of drug-likeness (QED) is 0.821. The number of aliphatic carboxylic acids is 1. The first kappa shape index (κ1) is 15.6. The highest BCUT2D eigenvalue weighted by atomic mass is 16.4. The molecule has 0 aromatic carbocycles. The molecule has 2 heterocycles. The van der Waals surface area contributed by atoms with Gasteiger partial charge in [-0.05, 0) is 50.5 Å². The second-order valence-corrected chi connectivity index (χ2v) is 5.50. The van der Waals surface area contributed by atoms with Crippen LogP contribution in [0.25, 0.3) is 0 Å². The maximum Gasteiger partial charge on any atom is 0.323 e. The Morgan fingerprint density at radius 3 is 2.71 bits per heavy atom. The molecule has 2 rings (SSSR count). The molecule has 0 atom stereocenters. The third-order valence-corrected chi connectivity index (χ3v) is 4.07. The van der Waals surface area contributed by atoms with Crippen LogP contribution in [0.2, 0.25) is 0 Å². The Bertz CT molecular complexity index is 490. The number of likely N-dealkylation sites (tertiary alicyclic amines) is 1. The van der Waals surface area contributed by atoms with E-state index >= 15 is 0 Å². The zero-order chi connectivity index (χ0) is 15.2. The van der Waals surface area contributed by atoms with E-state index in [1.165, 1.54) is 4.57 Å². The molecule has 1 aromatic rings. The van der Waals surface area contributed by atoms with Crippen molar-refractivity contribution in [2.45, 2.75) is 26.3 Å². The van der Waals surface area contributed by atoms with E-state index in [1.807, 2.05) is 0 Å². The van der Waals surface area contributed by atoms with Crippen LogP contribution in [-0.2, 0) is 11.3 Å². The lowest BCUT2D eigenvalue weighted by Gasteiger charge is -2.31. The Balaban J connectivity index is 1.82. The third-order valence-electron chi connectivity index (χ3n) is 4.07. The van der Waals surface area contributed by atoms with Crippen LogP contribution in [0.5, 0.6) is 0 Å². The van der Waals surface area contributed by atoms with Crippen molar-refractivity contribution in [1.82, 2.24) is 14.8 Å². The minimum absolute atomic E-state index is 0.190. The summed E-state index contributed by atoms with van der Waals surface area (Å²) in [4.78, 5) is 25.3. The fourth-order valence-corrected chi connectivity index (χ4v) is 2.74. The van der Waals surface area contributed by atoms with E-state index in [1.54, 1.807) is 18.3 Å². The van der Waals surface area contributed by atoms with E-state index < -0.39 is 5.97 Å². The average Bonchev–Trinajstić information content (AvgIpc) is 2.92. The molecule has 6 heteroatoms. The normalized spacial score (nSPS) is 16.8. The Kier molecular flexibility index (Phi) is 5.38. The summed E-state index contributed by atoms with van der Waals surface area (Å²) < 4.78 is 1.46. The number of nitrogens with zero attached hydrogens (tertiary/aromatic N) is 2. The number of aromatic nitrogens is 1. The zero-order valence-corrected chi connectivity index (χ0v) is 12.4. The SMILES string of the molecule is CCN1CCC(CNC(=O)c2cccn2CC(=O)O)CC1. The van der Waals surface area contributed by atoms with Crippen LogP contribution in [0.4, 0.5) is 0 Å². The fraction of sp³-hybridized carbons (Fsp3) is 0.600. The molecule has 0 bridgehead atoms. The van der Waals surface area contributed by atoms with Crippen LogP contribution in [0.3, 0.4) is 0 Å². The Hall–Kier alpha value is -1.82. The molecule has 0 aliphatic carbocycles. The minimum atomic E-state index is -0.952. The highest BCUT2D eigenvalue weighted by molar-refractivity contribution is 5.93. The van der Waals surface area contributed by atoms with Crippen molar-refractivity contribution >= 4 is 11.9 Å². The highest BCUT2D eigenvalue weighted by Crippen LogP contribution is 2.16. The molecule has 116 valence electrons. The van der Waals surface area contributed by atoms with Crippen molar-refractivity contribution in [3.05, 3.63) is 24.0 Å². The second-order valence-electron chi connectivity index (χ2n) is 5.50. The number of amides is 1. The van der Waals surface area contributed by atoms with Gasteiger partial charge in [0.1, 0.15) is 12.2 Å². The first-order valence-corrected chi connectivity index (χ1v) is 7.47. The van der Waals surface area contributed by atoms with Crippen molar-refractivity contribution in [2.24, 2.45) is 5.92 Å². The first-order valence-electron chi connectivity index (χ1n) is 7.47. The molecule has 1 saturated heterocycles. The van der Waals surface area contributed by atoms with Gasteiger partial charge in [0.05, 0.1) is 0 Å². The van der Waals surface area contributed by atoms with E-state index in [4.69, 9.17) is 5.11 Å². The molecule has 1 fully saturated rings. The van der Waals surface area contributed by atoms with Gasteiger partial charge in [-0.15, -0.1) is 0 Å². The van der Waals surface area contributed by atoms with E-state index in [9.17, 15) is 9.59 Å². The van der Waals surface area contributed by atoms with Gasteiger partial charge in [0.2, 0.25) is 0 Å². The number of carbonyl (C=O) groups excluding carboxylic acids is 1. The fourth-order valence-electron chi connectivity index (χ4n) is 2.74. The smallest absolute Gasteiger partial charge is 0.323 e. The first-order chi connectivity index (χ1) is 10.1. The van der Waals surface area contributed by atoms with E-state index in [-0.39, 0.29) is 12.5 Å². The predicted molar refractivity (Wildman–Crippen MR) is 79.2 cm³/mol. The summed E-state index contributed by atoms with van der Waals surface area (Å²) in [6, 6.07) is 3.34. The monoisotopic (exact) mass is 293 g/mol. The number of carboxylic acid groups (broad SMARTS) is 1. The summed E-state index contributed by atoms with van der Waals surface area (Å²) in [6.45, 7) is 5.90. The Morgan fingerprint density at radius 2 is 2.10 bits per heavy atom. The molecule has 0 spiro atoms. The van der Waals surface area contributed by atoms with Crippen LogP contribution in [0.15, 0.2) is 18.3 Å². The summed E-state index contributed by atoms with van der Waals surface area (Å²) in [7, 11) is 0. The molecule has 6 nitrogen and oxygen atoms in total. The van der Waals surface area contributed by atoms with Crippen molar-refractivity contribution in [1.29, 1.82) is 0 Å². The molecule has 1 amide bonds. The lowest BCUT2D eigenvalue weighted by Crippen LogP contribution is -2.38. The summed E-state index contributed by atoms with van der Waals surface area (Å²) in [6.07, 6.45) is 3.82. The molecule has 1 aliphatic heterocycles. The average molecular weight is 293 g/mol. The van der Waals surface area contributed by atoms with E-state index in [2.05, 4.69) is 17.1 Å². The minimum Gasteiger partial charge on any atom is -0.480 e. The molecular formula is C15H23N3O3. The lowest BCUT2D eigenvalue weighted by atomic mass is 9.97. The Labute approximate surface area is 124 Å². The molecular weight excluding hydrogens is 270 g/mol. The van der Waals surface area contributed by atoms with Crippen molar-refractivity contribution in [2.75, 3.05) is 26.2 Å². The number of piperidine rings is 1. The predicted octanol–water partition coefficient (Wildman–Crippen LogP) is 1.03. The second kappa shape index (κ2) is 7.26. The molecule has 21 heavy (non-hydrogen) atoms. The molecule has 0 radical (unpaired) electrons. The maximum atomic E-state index is 12.1. The number of carboxylic acids is 1.